The minimum atomic E-state index is -1.35. The van der Waals surface area contributed by atoms with Crippen LogP contribution in [0.4, 0.5) is 0 Å². The largest absolute Gasteiger partial charge is 0.459 e. The number of hydrogen-bond acceptors (Lipinski definition) is 10. The number of rotatable bonds is 15. The van der Waals surface area contributed by atoms with Gasteiger partial charge >= 0.3 is 23.9 Å². The van der Waals surface area contributed by atoms with E-state index in [2.05, 4.69) is 0 Å². The van der Waals surface area contributed by atoms with Crippen LogP contribution in [0.25, 0.3) is 0 Å². The van der Waals surface area contributed by atoms with Crippen LogP contribution in [0.5, 0.6) is 0 Å². The van der Waals surface area contributed by atoms with E-state index in [0.29, 0.717) is 11.1 Å². The Kier molecular flexibility index (Phi) is 12.6. The van der Waals surface area contributed by atoms with E-state index in [9.17, 15) is 19.2 Å². The van der Waals surface area contributed by atoms with Crippen molar-refractivity contribution >= 4 is 23.9 Å². The predicted molar refractivity (Wildman–Crippen MR) is 166 cm³/mol. The van der Waals surface area contributed by atoms with Crippen LogP contribution in [0.15, 0.2) is 121 Å². The lowest BCUT2D eigenvalue weighted by atomic mass is 10.2. The molecule has 0 saturated heterocycles. The summed E-state index contributed by atoms with van der Waals surface area (Å²) in [5.41, 5.74) is 1.15. The fourth-order valence-corrected chi connectivity index (χ4v) is 4.22. The van der Waals surface area contributed by atoms with Crippen LogP contribution in [0.3, 0.4) is 0 Å². The number of benzene rings is 4. The SMILES string of the molecule is CO[C@@H](OC(COC(=O)c1ccccc1)C(C)OC(=O)c1ccccc1)C(COC(=O)c1ccccc1)OC(=O)c1ccccc1. The van der Waals surface area contributed by atoms with Crippen LogP contribution in [0, 0.1) is 0 Å². The highest BCUT2D eigenvalue weighted by molar-refractivity contribution is 5.91. The highest BCUT2D eigenvalue weighted by Crippen LogP contribution is 2.18. The van der Waals surface area contributed by atoms with Crippen molar-refractivity contribution in [3.63, 3.8) is 0 Å². The molecule has 0 fully saturated rings. The molecule has 0 N–H and O–H groups in total. The topological polar surface area (TPSA) is 124 Å². The molecule has 0 aliphatic rings. The van der Waals surface area contributed by atoms with Crippen molar-refractivity contribution in [2.75, 3.05) is 20.3 Å². The summed E-state index contributed by atoms with van der Waals surface area (Å²) < 4.78 is 34.1. The summed E-state index contributed by atoms with van der Waals surface area (Å²) in [6, 6.07) is 33.2. The molecule has 0 saturated carbocycles. The molecule has 0 aliphatic heterocycles. The summed E-state index contributed by atoms with van der Waals surface area (Å²) >= 11 is 0. The molecule has 0 aromatic heterocycles. The lowest BCUT2D eigenvalue weighted by Crippen LogP contribution is -2.46. The average molecular weight is 627 g/mol. The molecule has 0 spiro atoms. The molecular formula is C36H34O10. The lowest BCUT2D eigenvalue weighted by Gasteiger charge is -2.31. The molecule has 0 heterocycles. The van der Waals surface area contributed by atoms with E-state index >= 15 is 0 Å². The van der Waals surface area contributed by atoms with Gasteiger partial charge in [-0.05, 0) is 55.5 Å². The predicted octanol–water partition coefficient (Wildman–Crippen LogP) is 5.53. The first-order valence-electron chi connectivity index (χ1n) is 14.5. The van der Waals surface area contributed by atoms with Gasteiger partial charge in [0.05, 0.1) is 22.3 Å². The third-order valence-electron chi connectivity index (χ3n) is 6.72. The first kappa shape index (κ1) is 33.6. The van der Waals surface area contributed by atoms with Gasteiger partial charge in [0, 0.05) is 7.11 Å². The monoisotopic (exact) mass is 626 g/mol. The number of ether oxygens (including phenoxy) is 6. The molecule has 4 aromatic rings. The Hall–Kier alpha value is -5.32. The average Bonchev–Trinajstić information content (AvgIpc) is 3.11. The molecule has 0 aliphatic carbocycles. The molecule has 4 aromatic carbocycles. The van der Waals surface area contributed by atoms with Crippen LogP contribution in [-0.4, -0.2) is 68.8 Å². The van der Waals surface area contributed by atoms with Crippen molar-refractivity contribution in [3.8, 4) is 0 Å². The van der Waals surface area contributed by atoms with E-state index in [1.54, 1.807) is 128 Å². The van der Waals surface area contributed by atoms with Crippen LogP contribution < -0.4 is 0 Å². The Bertz CT molecular complexity index is 1550. The molecule has 4 rings (SSSR count). The van der Waals surface area contributed by atoms with Gasteiger partial charge in [0.15, 0.2) is 12.4 Å². The second kappa shape index (κ2) is 17.2. The van der Waals surface area contributed by atoms with Gasteiger partial charge in [0.2, 0.25) is 0 Å². The zero-order valence-corrected chi connectivity index (χ0v) is 25.4. The quantitative estimate of drug-likeness (QED) is 0.0945. The summed E-state index contributed by atoms with van der Waals surface area (Å²) in [6.07, 6.45) is -4.72. The molecule has 3 unspecified atom stereocenters. The Labute approximate surface area is 266 Å². The van der Waals surface area contributed by atoms with Crippen LogP contribution in [0.2, 0.25) is 0 Å². The van der Waals surface area contributed by atoms with E-state index in [1.807, 2.05) is 0 Å². The smallest absolute Gasteiger partial charge is 0.338 e. The van der Waals surface area contributed by atoms with Crippen molar-refractivity contribution in [2.24, 2.45) is 0 Å². The molecular weight excluding hydrogens is 592 g/mol. The van der Waals surface area contributed by atoms with E-state index in [1.165, 1.54) is 7.11 Å². The maximum absolute atomic E-state index is 13.1. The first-order valence-corrected chi connectivity index (χ1v) is 14.5. The summed E-state index contributed by atoms with van der Waals surface area (Å²) in [7, 11) is 1.31. The Morgan fingerprint density at radius 2 is 0.848 bits per heavy atom. The number of carbonyl (C=O) groups excluding carboxylic acids is 4. The maximum atomic E-state index is 13.1. The van der Waals surface area contributed by atoms with Crippen molar-refractivity contribution in [1.29, 1.82) is 0 Å². The first-order chi connectivity index (χ1) is 22.4. The van der Waals surface area contributed by atoms with Gasteiger partial charge < -0.3 is 28.4 Å². The van der Waals surface area contributed by atoms with Gasteiger partial charge in [-0.25, -0.2) is 19.2 Å². The summed E-state index contributed by atoms with van der Waals surface area (Å²) in [5, 5.41) is 0. The second-order valence-corrected chi connectivity index (χ2v) is 9.99. The van der Waals surface area contributed by atoms with Gasteiger partial charge in [-0.1, -0.05) is 72.8 Å². The minimum Gasteiger partial charge on any atom is -0.459 e. The van der Waals surface area contributed by atoms with E-state index < -0.39 is 55.1 Å². The number of hydrogen-bond donors (Lipinski definition) is 0. The molecule has 0 radical (unpaired) electrons. The Morgan fingerprint density at radius 3 is 1.24 bits per heavy atom. The van der Waals surface area contributed by atoms with E-state index in [-0.39, 0.29) is 17.7 Å². The van der Waals surface area contributed by atoms with Crippen molar-refractivity contribution < 1.29 is 47.6 Å². The highest BCUT2D eigenvalue weighted by Gasteiger charge is 2.34. The Balaban J connectivity index is 1.55. The summed E-state index contributed by atoms with van der Waals surface area (Å²) in [6.45, 7) is 0.758. The van der Waals surface area contributed by atoms with Crippen LogP contribution in [-0.2, 0) is 28.4 Å². The Morgan fingerprint density at radius 1 is 0.500 bits per heavy atom. The van der Waals surface area contributed by atoms with E-state index in [0.717, 1.165) is 0 Å². The van der Waals surface area contributed by atoms with Gasteiger partial charge in [-0.15, -0.1) is 0 Å². The highest BCUT2D eigenvalue weighted by atomic mass is 16.7. The number of methoxy groups -OCH3 is 1. The molecule has 0 amide bonds. The van der Waals surface area contributed by atoms with Crippen LogP contribution in [0.1, 0.15) is 48.4 Å². The molecule has 10 heteroatoms. The molecule has 10 nitrogen and oxygen atoms in total. The summed E-state index contributed by atoms with van der Waals surface area (Å²) in [5.74, 6) is -2.64. The second-order valence-electron chi connectivity index (χ2n) is 9.99. The van der Waals surface area contributed by atoms with Gasteiger partial charge in [0.25, 0.3) is 0 Å². The van der Waals surface area contributed by atoms with Crippen LogP contribution >= 0.6 is 0 Å². The number of carbonyl (C=O) groups is 4. The third-order valence-corrected chi connectivity index (χ3v) is 6.72. The normalized spacial score (nSPS) is 13.3. The zero-order chi connectivity index (χ0) is 32.7. The zero-order valence-electron chi connectivity index (χ0n) is 25.4. The van der Waals surface area contributed by atoms with Gasteiger partial charge in [0.1, 0.15) is 25.4 Å². The maximum Gasteiger partial charge on any atom is 0.338 e. The van der Waals surface area contributed by atoms with Crippen molar-refractivity contribution in [2.45, 2.75) is 31.5 Å². The third kappa shape index (κ3) is 9.85. The molecule has 238 valence electrons. The van der Waals surface area contributed by atoms with Gasteiger partial charge in [-0.2, -0.15) is 0 Å². The fraction of sp³-hybridized carbons (Fsp3) is 0.222. The number of esters is 4. The molecule has 4 atom stereocenters. The standard InChI is InChI=1S/C36H34O10/c1-25(44-34(39)28-19-11-5-12-20-28)30(23-42-32(37)26-15-7-3-8-16-26)46-36(41-2)31(45-35(40)29-21-13-6-14-22-29)24-43-33(38)27-17-9-4-10-18-27/h3-22,25,30-31,36H,23-24H2,1-2H3/t25?,30?,31?,36-/m0/s1. The molecule has 46 heavy (non-hydrogen) atoms. The van der Waals surface area contributed by atoms with E-state index in [4.69, 9.17) is 28.4 Å². The van der Waals surface area contributed by atoms with Gasteiger partial charge in [-0.3, -0.25) is 0 Å². The minimum absolute atomic E-state index is 0.246. The van der Waals surface area contributed by atoms with Crippen molar-refractivity contribution in [1.82, 2.24) is 0 Å². The van der Waals surface area contributed by atoms with Crippen molar-refractivity contribution in [3.05, 3.63) is 144 Å². The molecule has 0 bridgehead atoms. The lowest BCUT2D eigenvalue weighted by molar-refractivity contribution is -0.229. The fourth-order valence-electron chi connectivity index (χ4n) is 4.22. The summed E-state index contributed by atoms with van der Waals surface area (Å²) in [4.78, 5) is 51.5.